The molecule has 0 aliphatic rings. The maximum Gasteiger partial charge on any atom is 0.407 e. The number of amides is 1. The molecule has 0 radical (unpaired) electrons. The van der Waals surface area contributed by atoms with Crippen molar-refractivity contribution in [1.82, 2.24) is 25.5 Å². The number of tetrazole rings is 1. The van der Waals surface area contributed by atoms with Crippen LogP contribution >= 0.6 is 0 Å². The van der Waals surface area contributed by atoms with Crippen LogP contribution in [-0.2, 0) is 11.3 Å². The van der Waals surface area contributed by atoms with Gasteiger partial charge < -0.3 is 15.8 Å². The molecule has 0 spiro atoms. The van der Waals surface area contributed by atoms with Gasteiger partial charge in [0.1, 0.15) is 11.9 Å². The van der Waals surface area contributed by atoms with E-state index < -0.39 is 11.7 Å². The molecule has 3 N–H and O–H groups in total. The molecule has 18 heavy (non-hydrogen) atoms. The Morgan fingerprint density at radius 3 is 2.78 bits per heavy atom. The Morgan fingerprint density at radius 1 is 1.56 bits per heavy atom. The summed E-state index contributed by atoms with van der Waals surface area (Å²) in [6, 6.07) is -0.163. The number of hydrogen-bond donors (Lipinski definition) is 2. The first-order valence-electron chi connectivity index (χ1n) is 5.81. The van der Waals surface area contributed by atoms with Crippen molar-refractivity contribution in [3.8, 4) is 0 Å². The standard InChI is InChI=1S/C10H20N6O2/c1-10(2,3)18-9(17)13-8(6-11)4-5-16-7-12-14-15-16/h7-8H,4-6,11H2,1-3H3,(H,13,17). The third-order valence-corrected chi connectivity index (χ3v) is 2.10. The summed E-state index contributed by atoms with van der Waals surface area (Å²) in [5, 5.41) is 13.5. The van der Waals surface area contributed by atoms with E-state index in [1.807, 2.05) is 20.8 Å². The van der Waals surface area contributed by atoms with Crippen LogP contribution in [0.5, 0.6) is 0 Å². The molecule has 8 heteroatoms. The van der Waals surface area contributed by atoms with Gasteiger partial charge in [-0.1, -0.05) is 0 Å². The van der Waals surface area contributed by atoms with Gasteiger partial charge in [-0.15, -0.1) is 5.10 Å². The molecule has 0 bridgehead atoms. The van der Waals surface area contributed by atoms with Crippen LogP contribution in [0.2, 0.25) is 0 Å². The Hall–Kier alpha value is -1.70. The monoisotopic (exact) mass is 256 g/mol. The summed E-state index contributed by atoms with van der Waals surface area (Å²) in [4.78, 5) is 11.6. The van der Waals surface area contributed by atoms with E-state index in [1.165, 1.54) is 6.33 Å². The number of aryl methyl sites for hydroxylation is 1. The average molecular weight is 256 g/mol. The van der Waals surface area contributed by atoms with Crippen LogP contribution in [0.3, 0.4) is 0 Å². The highest BCUT2D eigenvalue weighted by atomic mass is 16.6. The molecule has 0 aromatic carbocycles. The zero-order chi connectivity index (χ0) is 13.6. The van der Waals surface area contributed by atoms with Gasteiger partial charge in [0.25, 0.3) is 0 Å². The minimum absolute atomic E-state index is 0.163. The van der Waals surface area contributed by atoms with Gasteiger partial charge in [0.15, 0.2) is 0 Å². The van der Waals surface area contributed by atoms with Crippen LogP contribution in [0.4, 0.5) is 4.79 Å². The number of hydrogen-bond acceptors (Lipinski definition) is 6. The van der Waals surface area contributed by atoms with E-state index in [2.05, 4.69) is 20.8 Å². The van der Waals surface area contributed by atoms with Crippen LogP contribution in [0.1, 0.15) is 27.2 Å². The van der Waals surface area contributed by atoms with E-state index in [0.29, 0.717) is 19.5 Å². The summed E-state index contributed by atoms with van der Waals surface area (Å²) >= 11 is 0. The fraction of sp³-hybridized carbons (Fsp3) is 0.800. The maximum absolute atomic E-state index is 11.6. The maximum atomic E-state index is 11.6. The van der Waals surface area contributed by atoms with E-state index >= 15 is 0 Å². The predicted octanol–water partition coefficient (Wildman–Crippen LogP) is -0.0848. The fourth-order valence-electron chi connectivity index (χ4n) is 1.29. The molecular weight excluding hydrogens is 236 g/mol. The van der Waals surface area contributed by atoms with Gasteiger partial charge >= 0.3 is 6.09 Å². The van der Waals surface area contributed by atoms with Crippen molar-refractivity contribution < 1.29 is 9.53 Å². The van der Waals surface area contributed by atoms with Gasteiger partial charge in [0, 0.05) is 19.1 Å². The summed E-state index contributed by atoms with van der Waals surface area (Å²) in [5.41, 5.74) is 5.08. The third kappa shape index (κ3) is 5.58. The summed E-state index contributed by atoms with van der Waals surface area (Å²) in [6.07, 6.45) is 1.69. The van der Waals surface area contributed by atoms with Crippen molar-refractivity contribution in [2.45, 2.75) is 45.4 Å². The number of alkyl carbamates (subject to hydrolysis) is 1. The van der Waals surface area contributed by atoms with Crippen LogP contribution in [0.25, 0.3) is 0 Å². The number of carbonyl (C=O) groups excluding carboxylic acids is 1. The van der Waals surface area contributed by atoms with E-state index in [1.54, 1.807) is 4.68 Å². The molecule has 0 aliphatic heterocycles. The lowest BCUT2D eigenvalue weighted by molar-refractivity contribution is 0.0502. The molecule has 0 fully saturated rings. The summed E-state index contributed by atoms with van der Waals surface area (Å²) in [7, 11) is 0. The lowest BCUT2D eigenvalue weighted by Gasteiger charge is -2.22. The van der Waals surface area contributed by atoms with Gasteiger partial charge in [-0.25, -0.2) is 9.48 Å². The first kappa shape index (κ1) is 14.4. The van der Waals surface area contributed by atoms with Crippen molar-refractivity contribution in [2.75, 3.05) is 6.54 Å². The molecule has 1 amide bonds. The average Bonchev–Trinajstić information content (AvgIpc) is 2.74. The highest BCUT2D eigenvalue weighted by Gasteiger charge is 2.18. The molecule has 1 heterocycles. The molecule has 1 aromatic rings. The zero-order valence-electron chi connectivity index (χ0n) is 11.0. The van der Waals surface area contributed by atoms with Crippen LogP contribution in [0.15, 0.2) is 6.33 Å². The molecule has 1 unspecified atom stereocenters. The molecule has 1 aromatic heterocycles. The second kappa shape index (κ2) is 6.29. The van der Waals surface area contributed by atoms with E-state index in [4.69, 9.17) is 10.5 Å². The highest BCUT2D eigenvalue weighted by molar-refractivity contribution is 5.68. The molecule has 8 nitrogen and oxygen atoms in total. The number of nitrogens with one attached hydrogen (secondary N) is 1. The van der Waals surface area contributed by atoms with Crippen LogP contribution in [0, 0.1) is 0 Å². The first-order chi connectivity index (χ1) is 8.40. The Morgan fingerprint density at radius 2 is 2.28 bits per heavy atom. The second-order valence-corrected chi connectivity index (χ2v) is 4.94. The van der Waals surface area contributed by atoms with E-state index in [9.17, 15) is 4.79 Å². The van der Waals surface area contributed by atoms with E-state index in [0.717, 1.165) is 0 Å². The number of ether oxygens (including phenoxy) is 1. The third-order valence-electron chi connectivity index (χ3n) is 2.10. The quantitative estimate of drug-likeness (QED) is 0.762. The van der Waals surface area contributed by atoms with Crippen LogP contribution in [-0.4, -0.2) is 44.5 Å². The van der Waals surface area contributed by atoms with E-state index in [-0.39, 0.29) is 6.04 Å². The van der Waals surface area contributed by atoms with Crippen molar-refractivity contribution in [1.29, 1.82) is 0 Å². The minimum atomic E-state index is -0.515. The van der Waals surface area contributed by atoms with Gasteiger partial charge in [0.05, 0.1) is 0 Å². The number of carbonyl (C=O) groups is 1. The fourth-order valence-corrected chi connectivity index (χ4v) is 1.29. The number of nitrogens with two attached hydrogens (primary N) is 1. The van der Waals surface area contributed by atoms with Gasteiger partial charge in [-0.2, -0.15) is 0 Å². The normalized spacial score (nSPS) is 13.1. The Balaban J connectivity index is 2.35. The molecule has 102 valence electrons. The smallest absolute Gasteiger partial charge is 0.407 e. The van der Waals surface area contributed by atoms with Gasteiger partial charge in [0.2, 0.25) is 0 Å². The Bertz CT molecular complexity index is 359. The molecule has 1 rings (SSSR count). The van der Waals surface area contributed by atoms with Crippen molar-refractivity contribution >= 4 is 6.09 Å². The molecule has 0 aliphatic carbocycles. The summed E-state index contributed by atoms with van der Waals surface area (Å²) < 4.78 is 6.74. The Kier molecular flexibility index (Phi) is 5.02. The number of nitrogens with zero attached hydrogens (tertiary/aromatic N) is 4. The number of aromatic nitrogens is 4. The second-order valence-electron chi connectivity index (χ2n) is 4.94. The van der Waals surface area contributed by atoms with Crippen molar-refractivity contribution in [3.05, 3.63) is 6.33 Å². The summed E-state index contributed by atoms with van der Waals surface area (Å²) in [5.74, 6) is 0. The van der Waals surface area contributed by atoms with Crippen LogP contribution < -0.4 is 11.1 Å². The lowest BCUT2D eigenvalue weighted by atomic mass is 10.2. The highest BCUT2D eigenvalue weighted by Crippen LogP contribution is 2.07. The molecular formula is C10H20N6O2. The topological polar surface area (TPSA) is 108 Å². The lowest BCUT2D eigenvalue weighted by Crippen LogP contribution is -2.43. The molecule has 0 saturated heterocycles. The van der Waals surface area contributed by atoms with Gasteiger partial charge in [-0.05, 0) is 37.6 Å². The summed E-state index contributed by atoms with van der Waals surface area (Å²) in [6.45, 7) is 6.35. The van der Waals surface area contributed by atoms with Crippen molar-refractivity contribution in [2.24, 2.45) is 5.73 Å². The molecule has 0 saturated carbocycles. The first-order valence-corrected chi connectivity index (χ1v) is 5.81. The van der Waals surface area contributed by atoms with Gasteiger partial charge in [-0.3, -0.25) is 0 Å². The largest absolute Gasteiger partial charge is 0.444 e. The zero-order valence-corrected chi connectivity index (χ0v) is 11.0. The minimum Gasteiger partial charge on any atom is -0.444 e. The van der Waals surface area contributed by atoms with Crippen molar-refractivity contribution in [3.63, 3.8) is 0 Å². The SMILES string of the molecule is CC(C)(C)OC(=O)NC(CN)CCn1cnnn1. The number of rotatable bonds is 5. The molecule has 1 atom stereocenters. The predicted molar refractivity (Wildman–Crippen MR) is 64.6 cm³/mol. The Labute approximate surface area is 106 Å².